The van der Waals surface area contributed by atoms with Gasteiger partial charge in [0.25, 0.3) is 11.8 Å². The Labute approximate surface area is 185 Å². The molecule has 0 radical (unpaired) electrons. The summed E-state index contributed by atoms with van der Waals surface area (Å²) < 4.78 is 5.28. The number of benzene rings is 3. The summed E-state index contributed by atoms with van der Waals surface area (Å²) in [4.78, 5) is 28.2. The molecule has 0 unspecified atom stereocenters. The summed E-state index contributed by atoms with van der Waals surface area (Å²) in [7, 11) is 1.57. The van der Waals surface area contributed by atoms with Crippen LogP contribution in [0.25, 0.3) is 5.57 Å². The zero-order chi connectivity index (χ0) is 22.1. The van der Waals surface area contributed by atoms with E-state index >= 15 is 0 Å². The van der Waals surface area contributed by atoms with Crippen LogP contribution >= 0.6 is 11.6 Å². The minimum absolute atomic E-state index is 0.199. The van der Waals surface area contributed by atoms with E-state index in [-0.39, 0.29) is 5.70 Å². The van der Waals surface area contributed by atoms with Crippen LogP contribution in [-0.4, -0.2) is 18.9 Å². The molecular weight excluding hydrogens is 412 g/mol. The third-order valence-electron chi connectivity index (χ3n) is 5.17. The minimum Gasteiger partial charge on any atom is -0.497 e. The highest BCUT2D eigenvalue weighted by Gasteiger charge is 2.41. The van der Waals surface area contributed by atoms with Gasteiger partial charge in [-0.1, -0.05) is 53.6 Å². The van der Waals surface area contributed by atoms with E-state index in [0.29, 0.717) is 33.3 Å². The predicted octanol–water partition coefficient (Wildman–Crippen LogP) is 5.36. The minimum atomic E-state index is -0.462. The number of amides is 2. The van der Waals surface area contributed by atoms with Crippen LogP contribution in [0.4, 0.5) is 11.4 Å². The fourth-order valence-electron chi connectivity index (χ4n) is 3.69. The SMILES string of the molecule is COc1cccc(NC2=C(c3ccc(C)cc3C)C(=O)N(c3ccccc3Cl)C2=O)c1. The number of methoxy groups -OCH3 is 1. The molecule has 0 spiro atoms. The van der Waals surface area contributed by atoms with E-state index < -0.39 is 11.8 Å². The monoisotopic (exact) mass is 432 g/mol. The number of nitrogens with zero attached hydrogens (tertiary/aromatic N) is 1. The van der Waals surface area contributed by atoms with E-state index in [9.17, 15) is 9.59 Å². The molecular formula is C25H21ClN2O3. The van der Waals surface area contributed by atoms with Crippen LogP contribution in [0.1, 0.15) is 16.7 Å². The highest BCUT2D eigenvalue weighted by Crippen LogP contribution is 2.37. The fraction of sp³-hybridized carbons (Fsp3) is 0.120. The highest BCUT2D eigenvalue weighted by molar-refractivity contribution is 6.48. The average Bonchev–Trinajstić information content (AvgIpc) is 2.98. The number of carbonyl (C=O) groups excluding carboxylic acids is 2. The number of para-hydroxylation sites is 1. The van der Waals surface area contributed by atoms with Gasteiger partial charge in [0.1, 0.15) is 11.4 Å². The number of aryl methyl sites for hydroxylation is 2. The van der Waals surface area contributed by atoms with E-state index in [1.165, 1.54) is 0 Å². The largest absolute Gasteiger partial charge is 0.497 e. The summed E-state index contributed by atoms with van der Waals surface area (Å²) in [5.41, 5.74) is 4.17. The van der Waals surface area contributed by atoms with E-state index in [0.717, 1.165) is 16.0 Å². The van der Waals surface area contributed by atoms with Crippen molar-refractivity contribution in [1.82, 2.24) is 0 Å². The van der Waals surface area contributed by atoms with Gasteiger partial charge in [-0.05, 0) is 49.2 Å². The number of nitrogens with one attached hydrogen (secondary N) is 1. The Morgan fingerprint density at radius 1 is 0.903 bits per heavy atom. The van der Waals surface area contributed by atoms with Crippen molar-refractivity contribution >= 4 is 40.4 Å². The van der Waals surface area contributed by atoms with Crippen LogP contribution in [0.5, 0.6) is 5.75 Å². The number of carbonyl (C=O) groups is 2. The molecule has 0 fully saturated rings. The number of anilines is 2. The Bertz CT molecular complexity index is 1230. The molecule has 1 N–H and O–H groups in total. The molecule has 0 bridgehead atoms. The third kappa shape index (κ3) is 3.80. The Morgan fingerprint density at radius 2 is 1.68 bits per heavy atom. The summed E-state index contributed by atoms with van der Waals surface area (Å²) in [6, 6.07) is 19.8. The van der Waals surface area contributed by atoms with Gasteiger partial charge in [0.05, 0.1) is 23.4 Å². The van der Waals surface area contributed by atoms with Crippen molar-refractivity contribution in [2.45, 2.75) is 13.8 Å². The fourth-order valence-corrected chi connectivity index (χ4v) is 3.91. The lowest BCUT2D eigenvalue weighted by atomic mass is 9.97. The molecule has 6 heteroatoms. The maximum atomic E-state index is 13.6. The van der Waals surface area contributed by atoms with Gasteiger partial charge in [0.2, 0.25) is 0 Å². The van der Waals surface area contributed by atoms with Gasteiger partial charge in [-0.2, -0.15) is 0 Å². The first-order chi connectivity index (χ1) is 14.9. The summed E-state index contributed by atoms with van der Waals surface area (Å²) in [6.45, 7) is 3.91. The second-order valence-electron chi connectivity index (χ2n) is 7.32. The van der Waals surface area contributed by atoms with Gasteiger partial charge in [-0.3, -0.25) is 9.59 Å². The molecule has 2 amide bonds. The molecule has 1 heterocycles. The lowest BCUT2D eigenvalue weighted by Crippen LogP contribution is -2.32. The molecule has 3 aromatic rings. The first-order valence-corrected chi connectivity index (χ1v) is 10.1. The van der Waals surface area contributed by atoms with E-state index in [4.69, 9.17) is 16.3 Å². The molecule has 4 rings (SSSR count). The van der Waals surface area contributed by atoms with Gasteiger partial charge in [-0.15, -0.1) is 0 Å². The molecule has 0 atom stereocenters. The van der Waals surface area contributed by atoms with Crippen molar-refractivity contribution in [1.29, 1.82) is 0 Å². The van der Waals surface area contributed by atoms with Crippen LogP contribution in [0, 0.1) is 13.8 Å². The number of hydrogen-bond acceptors (Lipinski definition) is 4. The number of imide groups is 1. The Morgan fingerprint density at radius 3 is 2.39 bits per heavy atom. The van der Waals surface area contributed by atoms with Crippen LogP contribution in [-0.2, 0) is 9.59 Å². The average molecular weight is 433 g/mol. The highest BCUT2D eigenvalue weighted by atomic mass is 35.5. The zero-order valence-electron chi connectivity index (χ0n) is 17.4. The number of hydrogen-bond donors (Lipinski definition) is 1. The second kappa shape index (κ2) is 8.28. The normalized spacial score (nSPS) is 13.7. The van der Waals surface area contributed by atoms with Gasteiger partial charge in [0.15, 0.2) is 0 Å². The maximum Gasteiger partial charge on any atom is 0.282 e. The number of halogens is 1. The topological polar surface area (TPSA) is 58.6 Å². The maximum absolute atomic E-state index is 13.6. The van der Waals surface area contributed by atoms with Crippen molar-refractivity contribution in [3.63, 3.8) is 0 Å². The van der Waals surface area contributed by atoms with Crippen molar-refractivity contribution < 1.29 is 14.3 Å². The van der Waals surface area contributed by atoms with Crippen LogP contribution in [0.15, 0.2) is 72.4 Å². The summed E-state index contributed by atoms with van der Waals surface area (Å²) in [5, 5.41) is 3.48. The molecule has 1 aliphatic heterocycles. The van der Waals surface area contributed by atoms with Gasteiger partial charge >= 0.3 is 0 Å². The van der Waals surface area contributed by atoms with Crippen LogP contribution < -0.4 is 15.0 Å². The Kier molecular flexibility index (Phi) is 5.53. The molecule has 0 aromatic heterocycles. The van der Waals surface area contributed by atoms with Crippen LogP contribution in [0.2, 0.25) is 5.02 Å². The van der Waals surface area contributed by atoms with Crippen molar-refractivity contribution in [3.05, 3.63) is 94.1 Å². The number of ether oxygens (including phenoxy) is 1. The third-order valence-corrected chi connectivity index (χ3v) is 5.49. The molecule has 0 aliphatic carbocycles. The molecule has 3 aromatic carbocycles. The lowest BCUT2D eigenvalue weighted by molar-refractivity contribution is -0.120. The van der Waals surface area contributed by atoms with Crippen molar-refractivity contribution in [3.8, 4) is 5.75 Å². The van der Waals surface area contributed by atoms with E-state index in [1.807, 2.05) is 50.2 Å². The molecule has 156 valence electrons. The second-order valence-corrected chi connectivity index (χ2v) is 7.73. The van der Waals surface area contributed by atoms with Gasteiger partial charge in [0, 0.05) is 11.8 Å². The van der Waals surface area contributed by atoms with Gasteiger partial charge < -0.3 is 10.1 Å². The Hall–Kier alpha value is -3.57. The molecule has 0 saturated carbocycles. The molecule has 5 nitrogen and oxygen atoms in total. The molecule has 0 saturated heterocycles. The van der Waals surface area contributed by atoms with Crippen molar-refractivity contribution in [2.24, 2.45) is 0 Å². The van der Waals surface area contributed by atoms with E-state index in [2.05, 4.69) is 5.32 Å². The standard InChI is InChI=1S/C25H21ClN2O3/c1-15-11-12-19(16(2)13-15)22-23(27-17-7-6-8-18(14-17)31-3)25(30)28(24(22)29)21-10-5-4-9-20(21)26/h4-14,27H,1-3H3. The van der Waals surface area contributed by atoms with Gasteiger partial charge in [-0.25, -0.2) is 4.90 Å². The summed E-state index contributed by atoms with van der Waals surface area (Å²) >= 11 is 6.33. The smallest absolute Gasteiger partial charge is 0.282 e. The number of rotatable bonds is 5. The first-order valence-electron chi connectivity index (χ1n) is 9.77. The van der Waals surface area contributed by atoms with E-state index in [1.54, 1.807) is 37.4 Å². The van der Waals surface area contributed by atoms with Crippen LogP contribution in [0.3, 0.4) is 0 Å². The first kappa shape index (κ1) is 20.7. The zero-order valence-corrected chi connectivity index (χ0v) is 18.2. The predicted molar refractivity (Wildman–Crippen MR) is 123 cm³/mol. The summed E-state index contributed by atoms with van der Waals surface area (Å²) in [6.07, 6.45) is 0. The molecule has 1 aliphatic rings. The lowest BCUT2D eigenvalue weighted by Gasteiger charge is -2.17. The summed E-state index contributed by atoms with van der Waals surface area (Å²) in [5.74, 6) is -0.246. The van der Waals surface area contributed by atoms with Crippen molar-refractivity contribution in [2.75, 3.05) is 17.3 Å². The Balaban J connectivity index is 1.87. The quantitative estimate of drug-likeness (QED) is 0.551. The molecule has 31 heavy (non-hydrogen) atoms.